The number of benzene rings is 3. The summed E-state index contributed by atoms with van der Waals surface area (Å²) >= 11 is 0. The van der Waals surface area contributed by atoms with E-state index in [1.165, 1.54) is 16.7 Å². The average Bonchev–Trinajstić information content (AvgIpc) is 3.08. The number of aromatic nitrogens is 1. The minimum absolute atomic E-state index is 0.0520. The van der Waals surface area contributed by atoms with Gasteiger partial charge in [-0.3, -0.25) is 19.5 Å². The predicted molar refractivity (Wildman–Crippen MR) is 184 cm³/mol. The van der Waals surface area contributed by atoms with E-state index in [0.717, 1.165) is 55.8 Å². The molecule has 242 valence electrons. The first-order valence-electron chi connectivity index (χ1n) is 16.9. The smallest absolute Gasteiger partial charge is 0.232 e. The molecular formula is C39H48N4O3. The van der Waals surface area contributed by atoms with Crippen molar-refractivity contribution in [3.63, 3.8) is 0 Å². The first-order valence-corrected chi connectivity index (χ1v) is 16.9. The second kappa shape index (κ2) is 17.6. The Kier molecular flexibility index (Phi) is 12.7. The maximum absolute atomic E-state index is 13.1. The molecule has 2 amide bonds. The molecule has 0 radical (unpaired) electrons. The summed E-state index contributed by atoms with van der Waals surface area (Å²) in [6, 6.07) is 31.1. The molecule has 1 aliphatic heterocycles. The monoisotopic (exact) mass is 620 g/mol. The second-order valence-corrected chi connectivity index (χ2v) is 12.6. The standard InChI is InChI=1S/C39H48N4O3/c44-35(23-22-33-17-9-21-37-36(33)20-10-24-40-37)30-42-25-27-43(28-26-42)39(46)29-38(45)41-34(18-7-15-31-11-3-1-4-12-31)19-8-16-32-13-5-2-6-14-32/h1-6,9-14,17,20-21,24,34-35,44H,7-8,15-16,18-19,22-23,25-30H2,(H,41,45)/t35-/m0/s1. The summed E-state index contributed by atoms with van der Waals surface area (Å²) in [5, 5.41) is 15.1. The molecule has 2 heterocycles. The largest absolute Gasteiger partial charge is 0.392 e. The van der Waals surface area contributed by atoms with E-state index in [-0.39, 0.29) is 24.3 Å². The van der Waals surface area contributed by atoms with Crippen LogP contribution in [0.15, 0.2) is 97.2 Å². The van der Waals surface area contributed by atoms with Crippen molar-refractivity contribution in [2.24, 2.45) is 0 Å². The van der Waals surface area contributed by atoms with E-state index in [1.54, 1.807) is 11.1 Å². The average molecular weight is 621 g/mol. The first-order chi connectivity index (χ1) is 22.5. The zero-order chi connectivity index (χ0) is 32.0. The highest BCUT2D eigenvalue weighted by molar-refractivity contribution is 5.97. The van der Waals surface area contributed by atoms with E-state index in [2.05, 4.69) is 75.9 Å². The van der Waals surface area contributed by atoms with E-state index in [9.17, 15) is 14.7 Å². The van der Waals surface area contributed by atoms with Gasteiger partial charge >= 0.3 is 0 Å². The van der Waals surface area contributed by atoms with Gasteiger partial charge in [0.15, 0.2) is 0 Å². The summed E-state index contributed by atoms with van der Waals surface area (Å²) in [5.41, 5.74) is 4.79. The van der Waals surface area contributed by atoms with Gasteiger partial charge in [-0.1, -0.05) is 78.9 Å². The zero-order valence-electron chi connectivity index (χ0n) is 26.9. The predicted octanol–water partition coefficient (Wildman–Crippen LogP) is 5.59. The number of hydrogen-bond donors (Lipinski definition) is 2. The van der Waals surface area contributed by atoms with Crippen LogP contribution in [-0.2, 0) is 28.9 Å². The van der Waals surface area contributed by atoms with Crippen LogP contribution in [0.4, 0.5) is 0 Å². The Morgan fingerprint density at radius 3 is 2.04 bits per heavy atom. The van der Waals surface area contributed by atoms with Crippen molar-refractivity contribution in [1.82, 2.24) is 20.1 Å². The molecule has 0 saturated carbocycles. The molecule has 7 heteroatoms. The highest BCUT2D eigenvalue weighted by atomic mass is 16.3. The summed E-state index contributed by atoms with van der Waals surface area (Å²) < 4.78 is 0. The summed E-state index contributed by atoms with van der Waals surface area (Å²) in [6.07, 6.45) is 8.41. The normalized spacial score (nSPS) is 14.4. The highest BCUT2D eigenvalue weighted by Gasteiger charge is 2.25. The van der Waals surface area contributed by atoms with Crippen molar-refractivity contribution >= 4 is 22.7 Å². The van der Waals surface area contributed by atoms with Crippen molar-refractivity contribution in [3.05, 3.63) is 114 Å². The number of rotatable bonds is 16. The van der Waals surface area contributed by atoms with Crippen molar-refractivity contribution in [2.75, 3.05) is 32.7 Å². The second-order valence-electron chi connectivity index (χ2n) is 12.6. The van der Waals surface area contributed by atoms with E-state index in [0.29, 0.717) is 39.1 Å². The number of pyridine rings is 1. The third-order valence-corrected chi connectivity index (χ3v) is 9.08. The van der Waals surface area contributed by atoms with Crippen molar-refractivity contribution in [1.29, 1.82) is 0 Å². The van der Waals surface area contributed by atoms with E-state index >= 15 is 0 Å². The van der Waals surface area contributed by atoms with Crippen LogP contribution in [0.1, 0.15) is 55.2 Å². The van der Waals surface area contributed by atoms with Gasteiger partial charge in [-0.25, -0.2) is 0 Å². The molecule has 4 aromatic rings. The number of amides is 2. The van der Waals surface area contributed by atoms with E-state index in [1.807, 2.05) is 30.3 Å². The zero-order valence-corrected chi connectivity index (χ0v) is 26.9. The molecule has 7 nitrogen and oxygen atoms in total. The molecule has 0 spiro atoms. The first kappa shape index (κ1) is 33.3. The number of fused-ring (bicyclic) bond motifs is 1. The van der Waals surface area contributed by atoms with Gasteiger partial charge in [0.25, 0.3) is 0 Å². The topological polar surface area (TPSA) is 85.8 Å². The summed E-state index contributed by atoms with van der Waals surface area (Å²) in [5.74, 6) is -0.300. The molecule has 1 atom stereocenters. The Morgan fingerprint density at radius 1 is 0.739 bits per heavy atom. The minimum Gasteiger partial charge on any atom is -0.392 e. The Morgan fingerprint density at radius 2 is 1.39 bits per heavy atom. The van der Waals surface area contributed by atoms with Gasteiger partial charge in [-0.05, 0) is 80.2 Å². The lowest BCUT2D eigenvalue weighted by Crippen LogP contribution is -2.51. The molecule has 1 aromatic heterocycles. The van der Waals surface area contributed by atoms with Gasteiger partial charge in [-0.2, -0.15) is 0 Å². The number of nitrogens with one attached hydrogen (secondary N) is 1. The molecule has 2 N–H and O–H groups in total. The molecule has 0 aliphatic carbocycles. The summed E-state index contributed by atoms with van der Waals surface area (Å²) in [7, 11) is 0. The Hall–Kier alpha value is -4.07. The number of carbonyl (C=O) groups is 2. The highest BCUT2D eigenvalue weighted by Crippen LogP contribution is 2.19. The third kappa shape index (κ3) is 10.5. The number of piperazine rings is 1. The number of β-amino-alcohol motifs (C(OH)–C–C–N with tert-alkyl or cyclic N) is 1. The number of nitrogens with zero attached hydrogens (tertiary/aromatic N) is 3. The Balaban J connectivity index is 1.03. The number of aryl methyl sites for hydroxylation is 3. The third-order valence-electron chi connectivity index (χ3n) is 9.08. The van der Waals surface area contributed by atoms with Crippen molar-refractivity contribution in [3.8, 4) is 0 Å². The SMILES string of the molecule is O=C(CC(=O)N1CCN(C[C@@H](O)CCc2cccc3ncccc23)CC1)NC(CCCc1ccccc1)CCCc1ccccc1. The number of aliphatic hydroxyl groups is 1. The van der Waals surface area contributed by atoms with Gasteiger partial charge in [-0.15, -0.1) is 0 Å². The molecule has 1 saturated heterocycles. The van der Waals surface area contributed by atoms with Crippen LogP contribution in [-0.4, -0.2) is 76.6 Å². The Bertz CT molecular complexity index is 1450. The van der Waals surface area contributed by atoms with Crippen LogP contribution < -0.4 is 5.32 Å². The van der Waals surface area contributed by atoms with Crippen LogP contribution >= 0.6 is 0 Å². The van der Waals surface area contributed by atoms with Crippen LogP contribution in [0.25, 0.3) is 10.9 Å². The van der Waals surface area contributed by atoms with Gasteiger partial charge < -0.3 is 15.3 Å². The van der Waals surface area contributed by atoms with Crippen LogP contribution in [0.3, 0.4) is 0 Å². The van der Waals surface area contributed by atoms with E-state index < -0.39 is 6.10 Å². The molecule has 3 aromatic carbocycles. The lowest BCUT2D eigenvalue weighted by Gasteiger charge is -2.35. The fourth-order valence-corrected chi connectivity index (χ4v) is 6.49. The minimum atomic E-state index is -0.444. The maximum atomic E-state index is 13.1. The van der Waals surface area contributed by atoms with Gasteiger partial charge in [0.2, 0.25) is 11.8 Å². The fourth-order valence-electron chi connectivity index (χ4n) is 6.49. The summed E-state index contributed by atoms with van der Waals surface area (Å²) in [6.45, 7) is 3.13. The molecule has 0 bridgehead atoms. The maximum Gasteiger partial charge on any atom is 0.232 e. The van der Waals surface area contributed by atoms with Gasteiger partial charge in [0.05, 0.1) is 11.6 Å². The Labute approximate surface area is 273 Å². The van der Waals surface area contributed by atoms with Crippen LogP contribution in [0.5, 0.6) is 0 Å². The van der Waals surface area contributed by atoms with Gasteiger partial charge in [0.1, 0.15) is 6.42 Å². The molecule has 1 aliphatic rings. The molecule has 5 rings (SSSR count). The molecular weight excluding hydrogens is 572 g/mol. The summed E-state index contributed by atoms with van der Waals surface area (Å²) in [4.78, 5) is 34.6. The van der Waals surface area contributed by atoms with Crippen molar-refractivity contribution in [2.45, 2.75) is 69.9 Å². The molecule has 46 heavy (non-hydrogen) atoms. The molecule has 0 unspecified atom stereocenters. The lowest BCUT2D eigenvalue weighted by atomic mass is 9.99. The number of aliphatic hydroxyl groups excluding tert-OH is 1. The van der Waals surface area contributed by atoms with Crippen LogP contribution in [0.2, 0.25) is 0 Å². The van der Waals surface area contributed by atoms with Crippen molar-refractivity contribution < 1.29 is 14.7 Å². The fraction of sp³-hybridized carbons (Fsp3) is 0.410. The quantitative estimate of drug-likeness (QED) is 0.160. The number of carbonyl (C=O) groups excluding carboxylic acids is 2. The van der Waals surface area contributed by atoms with Gasteiger partial charge in [0, 0.05) is 50.3 Å². The van der Waals surface area contributed by atoms with E-state index in [4.69, 9.17) is 0 Å². The number of hydrogen-bond acceptors (Lipinski definition) is 5. The van der Waals surface area contributed by atoms with Crippen LogP contribution in [0, 0.1) is 0 Å². The lowest BCUT2D eigenvalue weighted by molar-refractivity contribution is -0.137. The molecule has 1 fully saturated rings.